The highest BCUT2D eigenvalue weighted by atomic mass is 19.2. The van der Waals surface area contributed by atoms with Gasteiger partial charge in [-0.1, -0.05) is 68.5 Å². The molecule has 0 radical (unpaired) electrons. The van der Waals surface area contributed by atoms with Crippen LogP contribution in [-0.4, -0.2) is 70.8 Å². The summed E-state index contributed by atoms with van der Waals surface area (Å²) in [6.07, 6.45) is 9.13. The Balaban J connectivity index is 1.64. The molecule has 3 aromatic carbocycles. The molecule has 3 amide bonds. The fourth-order valence-electron chi connectivity index (χ4n) is 5.86. The predicted molar refractivity (Wildman–Crippen MR) is 193 cm³/mol. The van der Waals surface area contributed by atoms with E-state index in [1.807, 2.05) is 68.4 Å². The van der Waals surface area contributed by atoms with E-state index >= 15 is 0 Å². The van der Waals surface area contributed by atoms with Gasteiger partial charge in [0.25, 0.3) is 0 Å². The zero-order valence-electron chi connectivity index (χ0n) is 29.2. The fraction of sp³-hybridized carbons (Fsp3) is 0.350. The Kier molecular flexibility index (Phi) is 13.3. The largest absolute Gasteiger partial charge is 0.354 e. The first-order chi connectivity index (χ1) is 23.9. The van der Waals surface area contributed by atoms with Crippen LogP contribution in [0.1, 0.15) is 49.8 Å². The van der Waals surface area contributed by atoms with Crippen molar-refractivity contribution < 1.29 is 23.2 Å². The highest BCUT2D eigenvalue weighted by molar-refractivity contribution is 5.95. The summed E-state index contributed by atoms with van der Waals surface area (Å²) in [5, 5.41) is 4.93. The Morgan fingerprint density at radius 3 is 2.14 bits per heavy atom. The van der Waals surface area contributed by atoms with Crippen molar-refractivity contribution in [1.82, 2.24) is 20.1 Å². The van der Waals surface area contributed by atoms with Gasteiger partial charge in [-0.15, -0.1) is 0 Å². The quantitative estimate of drug-likeness (QED) is 0.146. The minimum atomic E-state index is -1.09. The number of amides is 3. The third kappa shape index (κ3) is 10.0. The number of pyridine rings is 1. The van der Waals surface area contributed by atoms with Gasteiger partial charge in [0.05, 0.1) is 0 Å². The molecule has 2 unspecified atom stereocenters. The lowest BCUT2D eigenvalue weighted by atomic mass is 9.90. The van der Waals surface area contributed by atoms with E-state index in [0.29, 0.717) is 18.4 Å². The topological polar surface area (TPSA) is 109 Å². The van der Waals surface area contributed by atoms with Crippen molar-refractivity contribution in [3.05, 3.63) is 126 Å². The molecular weight excluding hydrogens is 636 g/mol. The average molecular weight is 684 g/mol. The monoisotopic (exact) mass is 683 g/mol. The number of aromatic nitrogens is 1. The van der Waals surface area contributed by atoms with Crippen LogP contribution in [0.2, 0.25) is 0 Å². The van der Waals surface area contributed by atoms with Crippen molar-refractivity contribution in [2.75, 3.05) is 20.6 Å². The van der Waals surface area contributed by atoms with Crippen molar-refractivity contribution in [2.45, 2.75) is 70.0 Å². The van der Waals surface area contributed by atoms with E-state index in [0.717, 1.165) is 46.9 Å². The molecule has 0 bridgehead atoms. The molecule has 0 aliphatic rings. The number of carbonyl (C=O) groups is 3. The number of hydrogen-bond acceptors (Lipinski definition) is 5. The van der Waals surface area contributed by atoms with Crippen molar-refractivity contribution in [2.24, 2.45) is 5.73 Å². The SMILES string of the molecule is CCC(N)(CC)C/C=C/C(=O)N(C)C(Cc1ccc2ccccc2c1)C(=O)N(C)C(Cc1ccc(F)c(F)c1)C(=O)NCCc1ccncc1. The van der Waals surface area contributed by atoms with Crippen molar-refractivity contribution >= 4 is 28.5 Å². The summed E-state index contributed by atoms with van der Waals surface area (Å²) in [4.78, 5) is 48.6. The van der Waals surface area contributed by atoms with E-state index in [4.69, 9.17) is 5.73 Å². The molecule has 0 aliphatic heterocycles. The number of nitrogens with one attached hydrogen (secondary N) is 1. The number of nitrogens with two attached hydrogens (primary N) is 1. The molecule has 8 nitrogen and oxygen atoms in total. The van der Waals surface area contributed by atoms with Crippen LogP contribution in [0, 0.1) is 11.6 Å². The summed E-state index contributed by atoms with van der Waals surface area (Å²) in [6.45, 7) is 4.29. The van der Waals surface area contributed by atoms with Gasteiger partial charge >= 0.3 is 0 Å². The predicted octanol–water partition coefficient (Wildman–Crippen LogP) is 5.77. The zero-order valence-corrected chi connectivity index (χ0v) is 29.2. The van der Waals surface area contributed by atoms with Gasteiger partial charge < -0.3 is 20.9 Å². The van der Waals surface area contributed by atoms with Crippen LogP contribution in [0.3, 0.4) is 0 Å². The summed E-state index contributed by atoms with van der Waals surface area (Å²) < 4.78 is 28.1. The number of hydrogen-bond donors (Lipinski definition) is 2. The van der Waals surface area contributed by atoms with Gasteiger partial charge in [0, 0.05) is 51.4 Å². The minimum Gasteiger partial charge on any atom is -0.354 e. The van der Waals surface area contributed by atoms with E-state index in [-0.39, 0.29) is 25.3 Å². The number of carbonyl (C=O) groups excluding carboxylic acids is 3. The summed E-state index contributed by atoms with van der Waals surface area (Å²) in [5.74, 6) is -3.38. The van der Waals surface area contributed by atoms with Crippen LogP contribution >= 0.6 is 0 Å². The van der Waals surface area contributed by atoms with E-state index < -0.39 is 41.1 Å². The lowest BCUT2D eigenvalue weighted by Crippen LogP contribution is -2.56. The first-order valence-electron chi connectivity index (χ1n) is 17.0. The van der Waals surface area contributed by atoms with Gasteiger partial charge in [-0.25, -0.2) is 8.78 Å². The van der Waals surface area contributed by atoms with Crippen molar-refractivity contribution in [3.63, 3.8) is 0 Å². The summed E-state index contributed by atoms with van der Waals surface area (Å²) in [5.41, 5.74) is 8.14. The number of nitrogens with zero attached hydrogens (tertiary/aromatic N) is 3. The van der Waals surface area contributed by atoms with Gasteiger partial charge in [0.15, 0.2) is 11.6 Å². The summed E-state index contributed by atoms with van der Waals surface area (Å²) in [6, 6.07) is 18.8. The highest BCUT2D eigenvalue weighted by Crippen LogP contribution is 2.21. The maximum Gasteiger partial charge on any atom is 0.246 e. The van der Waals surface area contributed by atoms with E-state index in [1.165, 1.54) is 29.0 Å². The molecule has 50 heavy (non-hydrogen) atoms. The lowest BCUT2D eigenvalue weighted by Gasteiger charge is -2.34. The Bertz CT molecular complexity index is 1790. The molecule has 1 heterocycles. The molecule has 4 rings (SSSR count). The molecule has 0 fully saturated rings. The molecule has 0 aliphatic carbocycles. The van der Waals surface area contributed by atoms with Gasteiger partial charge in [0.2, 0.25) is 17.7 Å². The lowest BCUT2D eigenvalue weighted by molar-refractivity contribution is -0.146. The molecule has 2 atom stereocenters. The standard InChI is InChI=1S/C40H47F2N5O3/c1-5-40(43,6-2)20-9-12-37(48)46(3)36(27-29-13-15-31-10-7-8-11-32(31)24-29)39(50)47(4)35(26-30-14-16-33(41)34(42)25-30)38(49)45-23-19-28-17-21-44-22-18-28/h7-18,21-22,24-25,35-36H,5-6,19-20,23,26-27,43H2,1-4H3,(H,45,49)/b12-9+. The van der Waals surface area contributed by atoms with Crippen LogP contribution < -0.4 is 11.1 Å². The average Bonchev–Trinajstić information content (AvgIpc) is 3.13. The minimum absolute atomic E-state index is 0.0760. The maximum atomic E-state index is 14.5. The van der Waals surface area contributed by atoms with E-state index in [2.05, 4.69) is 10.3 Å². The Morgan fingerprint density at radius 2 is 1.46 bits per heavy atom. The number of rotatable bonds is 16. The van der Waals surface area contributed by atoms with Crippen LogP contribution in [0.25, 0.3) is 10.8 Å². The first-order valence-corrected chi connectivity index (χ1v) is 17.0. The first kappa shape index (κ1) is 37.9. The third-order valence-corrected chi connectivity index (χ3v) is 9.53. The number of likely N-dealkylation sites (N-methyl/N-ethyl adjacent to an activating group) is 2. The van der Waals surface area contributed by atoms with Crippen LogP contribution in [0.4, 0.5) is 8.78 Å². The van der Waals surface area contributed by atoms with Gasteiger partial charge in [-0.05, 0) is 83.5 Å². The smallest absolute Gasteiger partial charge is 0.246 e. The van der Waals surface area contributed by atoms with Gasteiger partial charge in [0.1, 0.15) is 12.1 Å². The van der Waals surface area contributed by atoms with Crippen molar-refractivity contribution in [3.8, 4) is 0 Å². The molecule has 0 saturated heterocycles. The molecule has 0 spiro atoms. The number of fused-ring (bicyclic) bond motifs is 1. The van der Waals surface area contributed by atoms with Crippen LogP contribution in [0.15, 0.2) is 97.3 Å². The maximum absolute atomic E-state index is 14.5. The molecule has 0 saturated carbocycles. The van der Waals surface area contributed by atoms with E-state index in [1.54, 1.807) is 25.5 Å². The molecule has 264 valence electrons. The normalized spacial score (nSPS) is 12.9. The Labute approximate surface area is 293 Å². The molecular formula is C40H47F2N5O3. The summed E-state index contributed by atoms with van der Waals surface area (Å²) in [7, 11) is 3.07. The van der Waals surface area contributed by atoms with Gasteiger partial charge in [-0.3, -0.25) is 19.4 Å². The van der Waals surface area contributed by atoms with Crippen LogP contribution in [-0.2, 0) is 33.6 Å². The molecule has 4 aromatic rings. The Morgan fingerprint density at radius 1 is 0.820 bits per heavy atom. The second-order valence-corrected chi connectivity index (χ2v) is 12.8. The van der Waals surface area contributed by atoms with Crippen LogP contribution in [0.5, 0.6) is 0 Å². The van der Waals surface area contributed by atoms with E-state index in [9.17, 15) is 23.2 Å². The molecule has 1 aromatic heterocycles. The fourth-order valence-corrected chi connectivity index (χ4v) is 5.86. The summed E-state index contributed by atoms with van der Waals surface area (Å²) >= 11 is 0. The second-order valence-electron chi connectivity index (χ2n) is 12.8. The Hall–Kier alpha value is -4.96. The number of halogens is 2. The molecule has 10 heteroatoms. The second kappa shape index (κ2) is 17.6. The van der Waals surface area contributed by atoms with Gasteiger partial charge in [-0.2, -0.15) is 0 Å². The van der Waals surface area contributed by atoms with Crippen molar-refractivity contribution in [1.29, 1.82) is 0 Å². The number of benzene rings is 3. The third-order valence-electron chi connectivity index (χ3n) is 9.53. The molecule has 3 N–H and O–H groups in total. The zero-order chi connectivity index (χ0) is 36.3. The highest BCUT2D eigenvalue weighted by Gasteiger charge is 2.35.